The Hall–Kier alpha value is -3.67. The monoisotopic (exact) mass is 537 g/mol. The van der Waals surface area contributed by atoms with E-state index in [4.69, 9.17) is 17.0 Å². The van der Waals surface area contributed by atoms with Gasteiger partial charge >= 0.3 is 0 Å². The molecule has 1 fully saturated rings. The van der Waals surface area contributed by atoms with Gasteiger partial charge in [-0.2, -0.15) is 5.01 Å². The van der Waals surface area contributed by atoms with Crippen molar-refractivity contribution in [3.8, 4) is 5.75 Å². The van der Waals surface area contributed by atoms with Crippen LogP contribution in [0.1, 0.15) is 21.5 Å². The van der Waals surface area contributed by atoms with Crippen molar-refractivity contribution in [1.29, 1.82) is 0 Å². The molecule has 0 saturated carbocycles. The minimum atomic E-state index is -0.521. The van der Waals surface area contributed by atoms with Gasteiger partial charge in [-0.15, -0.1) is 0 Å². The minimum Gasteiger partial charge on any atom is -0.497 e. The number of nitrogens with one attached hydrogen (secondary N) is 1. The standard InChI is InChI=1S/C25H19N3O5S3/c1-15-3-10-19(11-4-15)35-21-12-5-16(13-20(21)28(31)32)14-22-24(30)27(25(34)36-22)26-23(29)17-6-8-18(33-2)9-7-17/h3-14H,1-2H3,(H,26,29). The van der Waals surface area contributed by atoms with E-state index >= 15 is 0 Å². The predicted molar refractivity (Wildman–Crippen MR) is 144 cm³/mol. The van der Waals surface area contributed by atoms with Crippen LogP contribution in [0, 0.1) is 17.0 Å². The third-order valence-corrected chi connectivity index (χ3v) is 7.46. The lowest BCUT2D eigenvalue weighted by molar-refractivity contribution is -0.387. The fraction of sp³-hybridized carbons (Fsp3) is 0.0800. The topological polar surface area (TPSA) is 102 Å². The molecule has 0 aromatic heterocycles. The van der Waals surface area contributed by atoms with Crippen LogP contribution in [-0.4, -0.2) is 33.2 Å². The van der Waals surface area contributed by atoms with Crippen molar-refractivity contribution < 1.29 is 19.2 Å². The first-order valence-corrected chi connectivity index (χ1v) is 12.6. The molecular weight excluding hydrogens is 518 g/mol. The number of aryl methyl sites for hydroxylation is 1. The molecular formula is C25H19N3O5S3. The van der Waals surface area contributed by atoms with E-state index in [-0.39, 0.29) is 14.9 Å². The maximum absolute atomic E-state index is 12.9. The molecule has 1 aliphatic rings. The number of carbonyl (C=O) groups excluding carboxylic acids is 2. The first kappa shape index (κ1) is 25.4. The molecule has 2 amide bonds. The van der Waals surface area contributed by atoms with Crippen molar-refractivity contribution >= 4 is 63.6 Å². The van der Waals surface area contributed by atoms with Crippen molar-refractivity contribution in [2.75, 3.05) is 7.11 Å². The van der Waals surface area contributed by atoms with Gasteiger partial charge in [0.2, 0.25) is 0 Å². The van der Waals surface area contributed by atoms with E-state index in [0.29, 0.717) is 21.8 Å². The number of hydrogen-bond donors (Lipinski definition) is 1. The molecule has 0 atom stereocenters. The van der Waals surface area contributed by atoms with Crippen LogP contribution in [0.25, 0.3) is 6.08 Å². The number of methoxy groups -OCH3 is 1. The summed E-state index contributed by atoms with van der Waals surface area (Å²) in [5.74, 6) is -0.437. The molecule has 1 N–H and O–H groups in total. The molecule has 182 valence electrons. The third kappa shape index (κ3) is 5.76. The molecule has 1 aliphatic heterocycles. The van der Waals surface area contributed by atoms with Crippen LogP contribution in [0.4, 0.5) is 5.69 Å². The number of hydrogen-bond acceptors (Lipinski definition) is 8. The molecule has 3 aromatic rings. The van der Waals surface area contributed by atoms with E-state index in [1.54, 1.807) is 36.4 Å². The molecule has 0 spiro atoms. The van der Waals surface area contributed by atoms with Gasteiger partial charge in [-0.1, -0.05) is 47.3 Å². The molecule has 4 rings (SSSR count). The number of benzene rings is 3. The number of nitro groups is 1. The summed E-state index contributed by atoms with van der Waals surface area (Å²) in [5.41, 5.74) is 4.33. The molecule has 0 bridgehead atoms. The van der Waals surface area contributed by atoms with Gasteiger partial charge in [0.15, 0.2) is 4.32 Å². The Kier molecular flexibility index (Phi) is 7.73. The van der Waals surface area contributed by atoms with Gasteiger partial charge < -0.3 is 4.74 Å². The van der Waals surface area contributed by atoms with E-state index in [0.717, 1.165) is 27.2 Å². The smallest absolute Gasteiger partial charge is 0.285 e. The van der Waals surface area contributed by atoms with Gasteiger partial charge in [-0.25, -0.2) is 0 Å². The number of thiocarbonyl (C=S) groups is 1. The summed E-state index contributed by atoms with van der Waals surface area (Å²) in [7, 11) is 1.52. The van der Waals surface area contributed by atoms with Gasteiger partial charge in [-0.3, -0.25) is 25.1 Å². The first-order valence-electron chi connectivity index (χ1n) is 10.5. The summed E-state index contributed by atoms with van der Waals surface area (Å²) >= 11 is 7.56. The number of nitrogens with zero attached hydrogens (tertiary/aromatic N) is 2. The summed E-state index contributed by atoms with van der Waals surface area (Å²) in [6.07, 6.45) is 1.52. The highest BCUT2D eigenvalue weighted by molar-refractivity contribution is 8.26. The zero-order valence-electron chi connectivity index (χ0n) is 19.1. The Bertz CT molecular complexity index is 1390. The van der Waals surface area contributed by atoms with Crippen molar-refractivity contribution in [2.45, 2.75) is 16.7 Å². The predicted octanol–water partition coefficient (Wildman–Crippen LogP) is 5.61. The van der Waals surface area contributed by atoms with Crippen molar-refractivity contribution in [2.24, 2.45) is 0 Å². The Morgan fingerprint density at radius 3 is 2.47 bits per heavy atom. The summed E-state index contributed by atoms with van der Waals surface area (Å²) in [6, 6.07) is 18.9. The number of nitro benzene ring substituents is 1. The lowest BCUT2D eigenvalue weighted by atomic mass is 10.2. The van der Waals surface area contributed by atoms with E-state index < -0.39 is 16.7 Å². The van der Waals surface area contributed by atoms with Crippen molar-refractivity contribution in [3.63, 3.8) is 0 Å². The Labute approximate surface area is 220 Å². The van der Waals surface area contributed by atoms with Crippen LogP contribution >= 0.6 is 35.7 Å². The SMILES string of the molecule is COc1ccc(C(=O)NN2C(=O)C(=Cc3ccc(Sc4ccc(C)cc4)c([N+](=O)[O-])c3)SC2=S)cc1. The average Bonchev–Trinajstić information content (AvgIpc) is 3.13. The molecule has 1 heterocycles. The minimum absolute atomic E-state index is 0.0717. The maximum Gasteiger partial charge on any atom is 0.285 e. The Morgan fingerprint density at radius 1 is 1.14 bits per heavy atom. The van der Waals surface area contributed by atoms with Gasteiger partial charge in [0.25, 0.3) is 17.5 Å². The number of ether oxygens (including phenoxy) is 1. The zero-order valence-corrected chi connectivity index (χ0v) is 21.5. The fourth-order valence-corrected chi connectivity index (χ4v) is 5.29. The van der Waals surface area contributed by atoms with E-state index in [1.165, 1.54) is 31.0 Å². The molecule has 36 heavy (non-hydrogen) atoms. The first-order chi connectivity index (χ1) is 17.2. The number of rotatable bonds is 7. The number of amides is 2. The second-order valence-corrected chi connectivity index (χ2v) is 10.4. The molecule has 0 unspecified atom stereocenters. The Morgan fingerprint density at radius 2 is 1.83 bits per heavy atom. The highest BCUT2D eigenvalue weighted by Crippen LogP contribution is 2.37. The molecule has 8 nitrogen and oxygen atoms in total. The lowest BCUT2D eigenvalue weighted by Crippen LogP contribution is -2.44. The van der Waals surface area contributed by atoms with Crippen LogP contribution < -0.4 is 10.2 Å². The van der Waals surface area contributed by atoms with Gasteiger partial charge in [0, 0.05) is 16.5 Å². The molecule has 0 aliphatic carbocycles. The number of thioether (sulfide) groups is 1. The lowest BCUT2D eigenvalue weighted by Gasteiger charge is -2.15. The highest BCUT2D eigenvalue weighted by Gasteiger charge is 2.34. The van der Waals surface area contributed by atoms with E-state index in [9.17, 15) is 19.7 Å². The average molecular weight is 538 g/mol. The van der Waals surface area contributed by atoms with Crippen LogP contribution in [0.2, 0.25) is 0 Å². The second kappa shape index (κ2) is 10.9. The maximum atomic E-state index is 12.9. The van der Waals surface area contributed by atoms with E-state index in [1.807, 2.05) is 31.2 Å². The van der Waals surface area contributed by atoms with Gasteiger partial charge in [-0.05, 0) is 73.2 Å². The zero-order chi connectivity index (χ0) is 25.8. The highest BCUT2D eigenvalue weighted by atomic mass is 32.2. The summed E-state index contributed by atoms with van der Waals surface area (Å²) < 4.78 is 5.23. The number of carbonyl (C=O) groups is 2. The van der Waals surface area contributed by atoms with Gasteiger partial charge in [0.1, 0.15) is 5.75 Å². The van der Waals surface area contributed by atoms with Crippen LogP contribution in [0.5, 0.6) is 5.75 Å². The summed E-state index contributed by atoms with van der Waals surface area (Å²) in [5, 5.41) is 12.7. The normalized spacial score (nSPS) is 14.3. The Balaban J connectivity index is 1.52. The second-order valence-electron chi connectivity index (χ2n) is 7.59. The van der Waals surface area contributed by atoms with Crippen molar-refractivity contribution in [3.05, 3.63) is 98.4 Å². The van der Waals surface area contributed by atoms with E-state index in [2.05, 4.69) is 5.43 Å². The quantitative estimate of drug-likeness (QED) is 0.180. The molecule has 0 radical (unpaired) electrons. The molecule has 3 aromatic carbocycles. The largest absolute Gasteiger partial charge is 0.497 e. The molecule has 11 heteroatoms. The van der Waals surface area contributed by atoms with Crippen LogP contribution in [-0.2, 0) is 4.79 Å². The van der Waals surface area contributed by atoms with Crippen LogP contribution in [0.15, 0.2) is 81.4 Å². The molecule has 1 saturated heterocycles. The van der Waals surface area contributed by atoms with Gasteiger partial charge in [0.05, 0.1) is 21.8 Å². The summed E-state index contributed by atoms with van der Waals surface area (Å²) in [6.45, 7) is 1.97. The third-order valence-electron chi connectivity index (χ3n) is 5.09. The summed E-state index contributed by atoms with van der Waals surface area (Å²) in [4.78, 5) is 38.4. The number of hydrazine groups is 1. The van der Waals surface area contributed by atoms with Crippen molar-refractivity contribution in [1.82, 2.24) is 10.4 Å². The van der Waals surface area contributed by atoms with Crippen LogP contribution in [0.3, 0.4) is 0 Å². The fourth-order valence-electron chi connectivity index (χ4n) is 3.21.